The summed E-state index contributed by atoms with van der Waals surface area (Å²) in [5.41, 5.74) is 2.42. The van der Waals surface area contributed by atoms with Crippen molar-refractivity contribution in [2.45, 2.75) is 17.9 Å². The molecule has 0 bridgehead atoms. The van der Waals surface area contributed by atoms with Crippen molar-refractivity contribution in [3.63, 3.8) is 0 Å². The Morgan fingerprint density at radius 3 is 2.56 bits per heavy atom. The van der Waals surface area contributed by atoms with Gasteiger partial charge in [-0.1, -0.05) is 18.2 Å². The summed E-state index contributed by atoms with van der Waals surface area (Å²) in [7, 11) is -2.63. The predicted octanol–water partition coefficient (Wildman–Crippen LogP) is 1.70. The number of nitrogens with one attached hydrogen (secondary N) is 1. The van der Waals surface area contributed by atoms with Crippen molar-refractivity contribution in [3.8, 4) is 11.3 Å². The van der Waals surface area contributed by atoms with E-state index in [0.29, 0.717) is 37.7 Å². The molecule has 4 heterocycles. The predicted molar refractivity (Wildman–Crippen MR) is 128 cm³/mol. The maximum absolute atomic E-state index is 13.3. The number of H-pyrrole nitrogens is 1. The first-order valence-electron chi connectivity index (χ1n) is 11.5. The van der Waals surface area contributed by atoms with Gasteiger partial charge in [-0.15, -0.1) is 10.2 Å². The molecule has 180 valence electrons. The number of amides is 1. The number of likely N-dealkylation sites (N-methyl/N-ethyl adjacent to an activating group) is 1. The summed E-state index contributed by atoms with van der Waals surface area (Å²) in [5, 5.41) is 9.31. The van der Waals surface area contributed by atoms with Crippen LogP contribution in [0.2, 0.25) is 0 Å². The van der Waals surface area contributed by atoms with E-state index in [9.17, 15) is 13.2 Å². The molecule has 3 aromatic rings. The number of fused-ring (bicyclic) bond motifs is 1. The second kappa shape index (κ2) is 9.32. The van der Waals surface area contributed by atoms with E-state index in [2.05, 4.69) is 20.1 Å². The smallest absolute Gasteiger partial charge is 0.262 e. The van der Waals surface area contributed by atoms with Crippen LogP contribution >= 0.6 is 0 Å². The van der Waals surface area contributed by atoms with E-state index < -0.39 is 10.0 Å². The fourth-order valence-corrected chi connectivity index (χ4v) is 5.43. The van der Waals surface area contributed by atoms with Gasteiger partial charge in [0.15, 0.2) is 10.8 Å². The molecule has 1 amide bonds. The minimum atomic E-state index is -4.02. The highest BCUT2D eigenvalue weighted by Gasteiger charge is 2.30. The molecule has 1 aromatic carbocycles. The van der Waals surface area contributed by atoms with Gasteiger partial charge in [-0.25, -0.2) is 8.42 Å². The second-order valence-corrected chi connectivity index (χ2v) is 10.6. The quantitative estimate of drug-likeness (QED) is 0.567. The molecule has 34 heavy (non-hydrogen) atoms. The van der Waals surface area contributed by atoms with Crippen LogP contribution in [-0.4, -0.2) is 91.7 Å². The maximum atomic E-state index is 13.3. The molecule has 10 nitrogen and oxygen atoms in total. The zero-order valence-electron chi connectivity index (χ0n) is 19.1. The van der Waals surface area contributed by atoms with Gasteiger partial charge in [0.25, 0.3) is 10.0 Å². The molecule has 2 aliphatic heterocycles. The normalized spacial score (nSPS) is 17.1. The SMILES string of the molecule is CN(CC(=O)N1CCOCC1)S(=O)(=O)c1cc(-c2cc3ccccc3[nH]2)c(N2CCCC2)nn1. The number of aromatic nitrogens is 3. The molecular formula is C23H28N6O4S. The number of rotatable bonds is 6. The molecule has 2 aromatic heterocycles. The lowest BCUT2D eigenvalue weighted by atomic mass is 10.2. The van der Waals surface area contributed by atoms with Crippen molar-refractivity contribution in [1.29, 1.82) is 0 Å². The van der Waals surface area contributed by atoms with Gasteiger partial charge in [0, 0.05) is 49.7 Å². The van der Waals surface area contributed by atoms with Crippen LogP contribution in [0, 0.1) is 0 Å². The van der Waals surface area contributed by atoms with Crippen LogP contribution in [0.4, 0.5) is 5.82 Å². The average Bonchev–Trinajstić information content (AvgIpc) is 3.54. The Labute approximate surface area is 198 Å². The van der Waals surface area contributed by atoms with Gasteiger partial charge in [0.1, 0.15) is 0 Å². The molecule has 11 heteroatoms. The number of hydrogen-bond acceptors (Lipinski definition) is 7. The van der Waals surface area contributed by atoms with Gasteiger partial charge in [-0.2, -0.15) is 4.31 Å². The van der Waals surface area contributed by atoms with Crippen molar-refractivity contribution in [3.05, 3.63) is 36.4 Å². The molecule has 2 aliphatic rings. The van der Waals surface area contributed by atoms with E-state index >= 15 is 0 Å². The van der Waals surface area contributed by atoms with Crippen molar-refractivity contribution in [2.24, 2.45) is 0 Å². The summed E-state index contributed by atoms with van der Waals surface area (Å²) in [6.07, 6.45) is 2.11. The Bertz CT molecular complexity index is 1260. The molecule has 2 saturated heterocycles. The van der Waals surface area contributed by atoms with Gasteiger partial charge >= 0.3 is 0 Å². The van der Waals surface area contributed by atoms with Crippen LogP contribution in [0.5, 0.6) is 0 Å². The number of nitrogens with zero attached hydrogens (tertiary/aromatic N) is 5. The lowest BCUT2D eigenvalue weighted by molar-refractivity contribution is -0.135. The molecule has 0 atom stereocenters. The van der Waals surface area contributed by atoms with Crippen LogP contribution < -0.4 is 4.90 Å². The standard InChI is InChI=1S/C23H28N6O4S/c1-27(16-22(30)28-10-12-33-13-11-28)34(31,32)21-15-18(23(26-25-21)29-8-4-5-9-29)20-14-17-6-2-3-7-19(17)24-20/h2-3,6-7,14-15,24H,4-5,8-13,16H2,1H3. The van der Waals surface area contributed by atoms with Crippen LogP contribution in [0.25, 0.3) is 22.2 Å². The minimum Gasteiger partial charge on any atom is -0.378 e. The Morgan fingerprint density at radius 2 is 1.82 bits per heavy atom. The fourth-order valence-electron chi connectivity index (χ4n) is 4.42. The van der Waals surface area contributed by atoms with Gasteiger partial charge < -0.3 is 19.5 Å². The summed E-state index contributed by atoms with van der Waals surface area (Å²) >= 11 is 0. The molecule has 0 unspecified atom stereocenters. The molecule has 0 saturated carbocycles. The van der Waals surface area contributed by atoms with Crippen LogP contribution in [-0.2, 0) is 19.6 Å². The number of morpholine rings is 1. The monoisotopic (exact) mass is 484 g/mol. The number of aromatic amines is 1. The van der Waals surface area contributed by atoms with Crippen molar-refractivity contribution >= 4 is 32.7 Å². The first kappa shape index (κ1) is 22.8. The first-order chi connectivity index (χ1) is 16.4. The third kappa shape index (κ3) is 4.38. The Kier molecular flexibility index (Phi) is 6.24. The molecule has 1 N–H and O–H groups in total. The number of benzene rings is 1. The minimum absolute atomic E-state index is 0.179. The van der Waals surface area contributed by atoms with E-state index in [1.165, 1.54) is 7.05 Å². The Balaban J connectivity index is 1.48. The molecule has 5 rings (SSSR count). The topological polar surface area (TPSA) is 112 Å². The van der Waals surface area contributed by atoms with E-state index in [0.717, 1.165) is 46.8 Å². The summed E-state index contributed by atoms with van der Waals surface area (Å²) in [5.74, 6) is 0.405. The van der Waals surface area contributed by atoms with E-state index in [1.807, 2.05) is 30.3 Å². The second-order valence-electron chi connectivity index (χ2n) is 8.64. The lowest BCUT2D eigenvalue weighted by Crippen LogP contribution is -2.46. The largest absolute Gasteiger partial charge is 0.378 e. The van der Waals surface area contributed by atoms with Gasteiger partial charge in [-0.3, -0.25) is 4.79 Å². The van der Waals surface area contributed by atoms with Crippen LogP contribution in [0.1, 0.15) is 12.8 Å². The Hall–Kier alpha value is -3.02. The van der Waals surface area contributed by atoms with E-state index in [-0.39, 0.29) is 17.5 Å². The molecular weight excluding hydrogens is 456 g/mol. The summed E-state index contributed by atoms with van der Waals surface area (Å²) in [6, 6.07) is 11.5. The molecule has 0 radical (unpaired) electrons. The first-order valence-corrected chi connectivity index (χ1v) is 12.9. The number of anilines is 1. The zero-order chi connectivity index (χ0) is 23.7. The zero-order valence-corrected chi connectivity index (χ0v) is 19.9. The van der Waals surface area contributed by atoms with Crippen molar-refractivity contribution < 1.29 is 17.9 Å². The highest BCUT2D eigenvalue weighted by Crippen LogP contribution is 2.33. The molecule has 0 spiro atoms. The highest BCUT2D eigenvalue weighted by atomic mass is 32.2. The van der Waals surface area contributed by atoms with Crippen molar-refractivity contribution in [1.82, 2.24) is 24.4 Å². The van der Waals surface area contributed by atoms with Crippen molar-refractivity contribution in [2.75, 3.05) is 57.9 Å². The van der Waals surface area contributed by atoms with Crippen LogP contribution in [0.15, 0.2) is 41.4 Å². The molecule has 2 fully saturated rings. The van der Waals surface area contributed by atoms with E-state index in [1.54, 1.807) is 11.0 Å². The third-order valence-electron chi connectivity index (χ3n) is 6.37. The number of carbonyl (C=O) groups excluding carboxylic acids is 1. The number of carbonyl (C=O) groups is 1. The summed E-state index contributed by atoms with van der Waals surface area (Å²) in [4.78, 5) is 19.8. The summed E-state index contributed by atoms with van der Waals surface area (Å²) in [6.45, 7) is 3.27. The van der Waals surface area contributed by atoms with Gasteiger partial charge in [0.05, 0.1) is 25.5 Å². The Morgan fingerprint density at radius 1 is 1.09 bits per heavy atom. The number of hydrogen-bond donors (Lipinski definition) is 1. The number of sulfonamides is 1. The summed E-state index contributed by atoms with van der Waals surface area (Å²) < 4.78 is 33.0. The molecule has 0 aliphatic carbocycles. The third-order valence-corrected chi connectivity index (χ3v) is 8.05. The highest BCUT2D eigenvalue weighted by molar-refractivity contribution is 7.89. The van der Waals surface area contributed by atoms with Crippen LogP contribution in [0.3, 0.4) is 0 Å². The number of ether oxygens (including phenoxy) is 1. The van der Waals surface area contributed by atoms with Gasteiger partial charge in [-0.05, 0) is 31.0 Å². The lowest BCUT2D eigenvalue weighted by Gasteiger charge is -2.28. The van der Waals surface area contributed by atoms with E-state index in [4.69, 9.17) is 4.74 Å². The fraction of sp³-hybridized carbons (Fsp3) is 0.435. The maximum Gasteiger partial charge on any atom is 0.262 e. The van der Waals surface area contributed by atoms with Gasteiger partial charge in [0.2, 0.25) is 5.91 Å². The average molecular weight is 485 g/mol. The number of para-hydroxylation sites is 1.